The smallest absolute Gasteiger partial charge is 0.146 e. The molecule has 4 nitrogen and oxygen atoms in total. The SMILES string of the molecule is COc1ccc(CC(C)C)cc1-n1nc2ccccc2n1. The Morgan fingerprint density at radius 3 is 2.29 bits per heavy atom. The van der Waals surface area contributed by atoms with Gasteiger partial charge in [0.25, 0.3) is 0 Å². The zero-order valence-corrected chi connectivity index (χ0v) is 12.6. The van der Waals surface area contributed by atoms with Gasteiger partial charge in [-0.2, -0.15) is 0 Å². The van der Waals surface area contributed by atoms with E-state index >= 15 is 0 Å². The molecule has 108 valence electrons. The molecule has 0 saturated heterocycles. The van der Waals surface area contributed by atoms with E-state index in [0.29, 0.717) is 5.92 Å². The van der Waals surface area contributed by atoms with Gasteiger partial charge in [-0.3, -0.25) is 0 Å². The molecule has 0 fully saturated rings. The van der Waals surface area contributed by atoms with Crippen LogP contribution in [0.3, 0.4) is 0 Å². The van der Waals surface area contributed by atoms with Gasteiger partial charge in [-0.05, 0) is 42.2 Å². The zero-order chi connectivity index (χ0) is 14.8. The van der Waals surface area contributed by atoms with Crippen LogP contribution < -0.4 is 4.74 Å². The summed E-state index contributed by atoms with van der Waals surface area (Å²) < 4.78 is 5.45. The second-order valence-corrected chi connectivity index (χ2v) is 5.58. The molecule has 0 radical (unpaired) electrons. The van der Waals surface area contributed by atoms with E-state index in [9.17, 15) is 0 Å². The molecular formula is C17H19N3O. The third-order valence-corrected chi connectivity index (χ3v) is 3.39. The second-order valence-electron chi connectivity index (χ2n) is 5.58. The van der Waals surface area contributed by atoms with Crippen LogP contribution in [-0.4, -0.2) is 22.1 Å². The van der Waals surface area contributed by atoms with Crippen molar-refractivity contribution < 1.29 is 4.74 Å². The third kappa shape index (κ3) is 2.75. The highest BCUT2D eigenvalue weighted by atomic mass is 16.5. The van der Waals surface area contributed by atoms with Crippen molar-refractivity contribution in [2.75, 3.05) is 7.11 Å². The minimum atomic E-state index is 0.607. The molecule has 0 unspecified atom stereocenters. The predicted molar refractivity (Wildman–Crippen MR) is 84.0 cm³/mol. The molecule has 0 saturated carbocycles. The molecular weight excluding hydrogens is 262 g/mol. The number of methoxy groups -OCH3 is 1. The summed E-state index contributed by atoms with van der Waals surface area (Å²) in [6.45, 7) is 4.43. The molecule has 1 aromatic heterocycles. The molecule has 21 heavy (non-hydrogen) atoms. The molecule has 0 amide bonds. The molecule has 3 aromatic rings. The van der Waals surface area contributed by atoms with Gasteiger partial charge < -0.3 is 4.74 Å². The standard InChI is InChI=1S/C17H19N3O/c1-12(2)10-13-8-9-17(21-3)16(11-13)20-18-14-6-4-5-7-15(14)19-20/h4-9,11-12H,10H2,1-3H3. The Labute approximate surface area is 124 Å². The molecule has 0 N–H and O–H groups in total. The maximum absolute atomic E-state index is 5.45. The van der Waals surface area contributed by atoms with Crippen molar-refractivity contribution in [2.24, 2.45) is 5.92 Å². The van der Waals surface area contributed by atoms with Crippen LogP contribution in [0.15, 0.2) is 42.5 Å². The fourth-order valence-electron chi connectivity index (χ4n) is 2.46. The second kappa shape index (κ2) is 5.56. The van der Waals surface area contributed by atoms with Gasteiger partial charge in [0.05, 0.1) is 7.11 Å². The number of hydrogen-bond donors (Lipinski definition) is 0. The summed E-state index contributed by atoms with van der Waals surface area (Å²) in [6, 6.07) is 14.1. The first-order valence-electron chi connectivity index (χ1n) is 7.17. The molecule has 0 spiro atoms. The number of hydrogen-bond acceptors (Lipinski definition) is 3. The van der Waals surface area contributed by atoms with Crippen molar-refractivity contribution in [3.8, 4) is 11.4 Å². The van der Waals surface area contributed by atoms with Crippen LogP contribution in [0.4, 0.5) is 0 Å². The van der Waals surface area contributed by atoms with E-state index in [2.05, 4.69) is 36.2 Å². The van der Waals surface area contributed by atoms with Crippen molar-refractivity contribution in [1.29, 1.82) is 0 Å². The quantitative estimate of drug-likeness (QED) is 0.733. The molecule has 0 aliphatic carbocycles. The first-order chi connectivity index (χ1) is 10.2. The average molecular weight is 281 g/mol. The maximum Gasteiger partial charge on any atom is 0.146 e. The number of benzene rings is 2. The summed E-state index contributed by atoms with van der Waals surface area (Å²) in [4.78, 5) is 1.66. The van der Waals surface area contributed by atoms with Gasteiger partial charge in [0.15, 0.2) is 0 Å². The van der Waals surface area contributed by atoms with Gasteiger partial charge in [0.1, 0.15) is 22.5 Å². The molecule has 0 atom stereocenters. The Kier molecular flexibility index (Phi) is 3.60. The first kappa shape index (κ1) is 13.6. The van der Waals surface area contributed by atoms with E-state index < -0.39 is 0 Å². The first-order valence-corrected chi connectivity index (χ1v) is 7.17. The number of aromatic nitrogens is 3. The van der Waals surface area contributed by atoms with Gasteiger partial charge in [-0.1, -0.05) is 32.0 Å². The maximum atomic E-state index is 5.45. The highest BCUT2D eigenvalue weighted by Gasteiger charge is 2.11. The molecule has 2 aromatic carbocycles. The highest BCUT2D eigenvalue weighted by molar-refractivity contribution is 5.73. The van der Waals surface area contributed by atoms with Crippen molar-refractivity contribution in [3.05, 3.63) is 48.0 Å². The normalized spacial score (nSPS) is 11.2. The van der Waals surface area contributed by atoms with Crippen molar-refractivity contribution >= 4 is 11.0 Å². The molecule has 1 heterocycles. The topological polar surface area (TPSA) is 39.9 Å². The van der Waals surface area contributed by atoms with Crippen molar-refractivity contribution in [3.63, 3.8) is 0 Å². The minimum Gasteiger partial charge on any atom is -0.494 e. The van der Waals surface area contributed by atoms with Gasteiger partial charge in [-0.15, -0.1) is 15.0 Å². The van der Waals surface area contributed by atoms with Crippen LogP contribution in [0, 0.1) is 5.92 Å². The van der Waals surface area contributed by atoms with Crippen molar-refractivity contribution in [2.45, 2.75) is 20.3 Å². The number of nitrogens with zero attached hydrogens (tertiary/aromatic N) is 3. The van der Waals surface area contributed by atoms with Crippen LogP contribution in [0.1, 0.15) is 19.4 Å². The van der Waals surface area contributed by atoms with Gasteiger partial charge >= 0.3 is 0 Å². The molecule has 4 heteroatoms. The van der Waals surface area contributed by atoms with E-state index in [1.54, 1.807) is 11.9 Å². The zero-order valence-electron chi connectivity index (χ0n) is 12.6. The van der Waals surface area contributed by atoms with Crippen LogP contribution in [0.25, 0.3) is 16.7 Å². The monoisotopic (exact) mass is 281 g/mol. The Morgan fingerprint density at radius 1 is 1.05 bits per heavy atom. The van der Waals surface area contributed by atoms with E-state index in [1.165, 1.54) is 5.56 Å². The summed E-state index contributed by atoms with van der Waals surface area (Å²) in [5, 5.41) is 9.07. The van der Waals surface area contributed by atoms with Crippen molar-refractivity contribution in [1.82, 2.24) is 15.0 Å². The molecule has 0 aliphatic rings. The molecule has 0 aliphatic heterocycles. The lowest BCUT2D eigenvalue weighted by Gasteiger charge is -2.11. The van der Waals surface area contributed by atoms with Crippen LogP contribution >= 0.6 is 0 Å². The lowest BCUT2D eigenvalue weighted by molar-refractivity contribution is 0.410. The third-order valence-electron chi connectivity index (χ3n) is 3.39. The summed E-state index contributed by atoms with van der Waals surface area (Å²) >= 11 is 0. The fraction of sp³-hybridized carbons (Fsp3) is 0.294. The number of fused-ring (bicyclic) bond motifs is 1. The summed E-state index contributed by atoms with van der Waals surface area (Å²) in [5.41, 5.74) is 3.91. The molecule has 3 rings (SSSR count). The number of ether oxygens (including phenoxy) is 1. The summed E-state index contributed by atoms with van der Waals surface area (Å²) in [5.74, 6) is 1.39. The van der Waals surface area contributed by atoms with E-state index in [1.807, 2.05) is 30.3 Å². The Bertz CT molecular complexity index is 729. The highest BCUT2D eigenvalue weighted by Crippen LogP contribution is 2.25. The Balaban J connectivity index is 2.10. The minimum absolute atomic E-state index is 0.607. The Hall–Kier alpha value is -2.36. The summed E-state index contributed by atoms with van der Waals surface area (Å²) in [6.07, 6.45) is 1.03. The van der Waals surface area contributed by atoms with E-state index in [4.69, 9.17) is 4.74 Å². The van der Waals surface area contributed by atoms with Gasteiger partial charge in [0.2, 0.25) is 0 Å². The van der Waals surface area contributed by atoms with Crippen LogP contribution in [-0.2, 0) is 6.42 Å². The number of rotatable bonds is 4. The Morgan fingerprint density at radius 2 is 1.71 bits per heavy atom. The summed E-state index contributed by atoms with van der Waals surface area (Å²) in [7, 11) is 1.67. The predicted octanol–water partition coefficient (Wildman–Crippen LogP) is 3.63. The lowest BCUT2D eigenvalue weighted by Crippen LogP contribution is -2.04. The van der Waals surface area contributed by atoms with E-state index in [-0.39, 0.29) is 0 Å². The molecule has 0 bridgehead atoms. The van der Waals surface area contributed by atoms with E-state index in [0.717, 1.165) is 28.9 Å². The lowest BCUT2D eigenvalue weighted by atomic mass is 10.0. The largest absolute Gasteiger partial charge is 0.494 e. The van der Waals surface area contributed by atoms with Gasteiger partial charge in [0, 0.05) is 0 Å². The average Bonchev–Trinajstić information content (AvgIpc) is 2.90. The van der Waals surface area contributed by atoms with Crippen LogP contribution in [0.2, 0.25) is 0 Å². The van der Waals surface area contributed by atoms with Crippen LogP contribution in [0.5, 0.6) is 5.75 Å². The van der Waals surface area contributed by atoms with Gasteiger partial charge in [-0.25, -0.2) is 0 Å². The fourth-order valence-corrected chi connectivity index (χ4v) is 2.46.